The van der Waals surface area contributed by atoms with Crippen LogP contribution in [0.25, 0.3) is 0 Å². The summed E-state index contributed by atoms with van der Waals surface area (Å²) in [5.74, 6) is 0. The Morgan fingerprint density at radius 2 is 2.06 bits per heavy atom. The van der Waals surface area contributed by atoms with Crippen molar-refractivity contribution in [3.8, 4) is 6.07 Å². The van der Waals surface area contributed by atoms with Gasteiger partial charge in [0, 0.05) is 20.5 Å². The Morgan fingerprint density at radius 3 is 2.72 bits per heavy atom. The van der Waals surface area contributed by atoms with E-state index in [0.717, 1.165) is 21.2 Å². The highest BCUT2D eigenvalue weighted by atomic mass is 35.5. The molecule has 1 heterocycles. The van der Waals surface area contributed by atoms with Crippen LogP contribution in [0, 0.1) is 25.2 Å². The minimum Gasteiger partial charge on any atom is -0.257 e. The monoisotopic (exact) mass is 274 g/mol. The minimum atomic E-state index is 0.630. The third kappa shape index (κ3) is 2.84. The lowest BCUT2D eigenvalue weighted by Gasteiger charge is -2.07. The van der Waals surface area contributed by atoms with Gasteiger partial charge in [-0.3, -0.25) is 4.98 Å². The number of aromatic nitrogens is 1. The molecule has 0 aliphatic rings. The number of nitrogens with zero attached hydrogens (tertiary/aromatic N) is 2. The van der Waals surface area contributed by atoms with Crippen LogP contribution in [-0.4, -0.2) is 4.98 Å². The number of halogens is 1. The largest absolute Gasteiger partial charge is 0.257 e. The zero-order valence-electron chi connectivity index (χ0n) is 10.1. The number of aryl methyl sites for hydroxylation is 2. The van der Waals surface area contributed by atoms with Crippen LogP contribution in [0.4, 0.5) is 0 Å². The third-order valence-corrected chi connectivity index (χ3v) is 3.69. The topological polar surface area (TPSA) is 36.7 Å². The standard InChI is InChI=1S/C14H11ClN2S/c1-9-6-14(13(8-16)10(2)17-9)18-12-5-3-4-11(15)7-12/h3-7H,1-2H3. The molecular weight excluding hydrogens is 264 g/mol. The molecule has 1 aromatic heterocycles. The lowest BCUT2D eigenvalue weighted by atomic mass is 10.2. The molecule has 0 saturated heterocycles. The van der Waals surface area contributed by atoms with Crippen LogP contribution in [0.3, 0.4) is 0 Å². The molecule has 0 bridgehead atoms. The molecule has 0 aliphatic heterocycles. The van der Waals surface area contributed by atoms with Crippen LogP contribution < -0.4 is 0 Å². The van der Waals surface area contributed by atoms with Gasteiger partial charge >= 0.3 is 0 Å². The van der Waals surface area contributed by atoms with Gasteiger partial charge in [-0.05, 0) is 38.1 Å². The fourth-order valence-corrected chi connectivity index (χ4v) is 3.03. The van der Waals surface area contributed by atoms with Crippen LogP contribution in [0.5, 0.6) is 0 Å². The quantitative estimate of drug-likeness (QED) is 0.816. The number of hydrogen-bond acceptors (Lipinski definition) is 3. The molecule has 0 unspecified atom stereocenters. The van der Waals surface area contributed by atoms with Crippen molar-refractivity contribution < 1.29 is 0 Å². The summed E-state index contributed by atoms with van der Waals surface area (Å²) in [6.45, 7) is 3.78. The smallest absolute Gasteiger partial charge is 0.102 e. The Balaban J connectivity index is 2.43. The van der Waals surface area contributed by atoms with E-state index < -0.39 is 0 Å². The average Bonchev–Trinajstić information content (AvgIpc) is 2.28. The van der Waals surface area contributed by atoms with E-state index in [1.54, 1.807) is 0 Å². The van der Waals surface area contributed by atoms with E-state index in [2.05, 4.69) is 11.1 Å². The van der Waals surface area contributed by atoms with E-state index in [0.29, 0.717) is 10.6 Å². The van der Waals surface area contributed by atoms with Crippen molar-refractivity contribution in [3.63, 3.8) is 0 Å². The van der Waals surface area contributed by atoms with E-state index in [9.17, 15) is 5.26 Å². The molecule has 0 saturated carbocycles. The fourth-order valence-electron chi connectivity index (χ4n) is 1.67. The second-order valence-electron chi connectivity index (χ2n) is 3.89. The Kier molecular flexibility index (Phi) is 3.90. The molecule has 1 aromatic carbocycles. The van der Waals surface area contributed by atoms with Crippen molar-refractivity contribution in [3.05, 3.63) is 52.3 Å². The second kappa shape index (κ2) is 5.43. The summed E-state index contributed by atoms with van der Waals surface area (Å²) < 4.78 is 0. The third-order valence-electron chi connectivity index (χ3n) is 2.43. The lowest BCUT2D eigenvalue weighted by molar-refractivity contribution is 1.07. The maximum atomic E-state index is 9.19. The van der Waals surface area contributed by atoms with E-state index in [1.165, 1.54) is 11.8 Å². The van der Waals surface area contributed by atoms with Gasteiger partial charge in [0.1, 0.15) is 6.07 Å². The molecule has 0 aliphatic carbocycles. The van der Waals surface area contributed by atoms with Gasteiger partial charge in [0.05, 0.1) is 11.3 Å². The SMILES string of the molecule is Cc1cc(Sc2cccc(Cl)c2)c(C#N)c(C)n1. The number of hydrogen-bond donors (Lipinski definition) is 0. The molecule has 0 atom stereocenters. The van der Waals surface area contributed by atoms with E-state index in [1.807, 2.05) is 44.2 Å². The van der Waals surface area contributed by atoms with E-state index >= 15 is 0 Å². The first-order chi connectivity index (χ1) is 8.60. The Morgan fingerprint density at radius 1 is 1.28 bits per heavy atom. The number of rotatable bonds is 2. The predicted molar refractivity (Wildman–Crippen MR) is 74.0 cm³/mol. The average molecular weight is 275 g/mol. The highest BCUT2D eigenvalue weighted by molar-refractivity contribution is 7.99. The van der Waals surface area contributed by atoms with Crippen molar-refractivity contribution in [2.45, 2.75) is 23.6 Å². The van der Waals surface area contributed by atoms with Gasteiger partial charge in [-0.2, -0.15) is 5.26 Å². The van der Waals surface area contributed by atoms with Crippen LogP contribution in [0.2, 0.25) is 5.02 Å². The molecule has 2 nitrogen and oxygen atoms in total. The highest BCUT2D eigenvalue weighted by Crippen LogP contribution is 2.32. The van der Waals surface area contributed by atoms with Crippen molar-refractivity contribution in [2.24, 2.45) is 0 Å². The Hall–Kier alpha value is -1.50. The molecular formula is C14H11ClN2S. The molecule has 0 radical (unpaired) electrons. The fraction of sp³-hybridized carbons (Fsp3) is 0.143. The van der Waals surface area contributed by atoms with Crippen LogP contribution >= 0.6 is 23.4 Å². The number of benzene rings is 1. The first kappa shape index (κ1) is 12.9. The molecule has 2 aromatic rings. The summed E-state index contributed by atoms with van der Waals surface area (Å²) in [5.41, 5.74) is 2.31. The first-order valence-electron chi connectivity index (χ1n) is 5.42. The van der Waals surface area contributed by atoms with Crippen LogP contribution in [0.1, 0.15) is 17.0 Å². The molecule has 0 fully saturated rings. The highest BCUT2D eigenvalue weighted by Gasteiger charge is 2.09. The summed E-state index contributed by atoms with van der Waals surface area (Å²) in [7, 11) is 0. The van der Waals surface area contributed by atoms with Crippen LogP contribution in [0.15, 0.2) is 40.1 Å². The van der Waals surface area contributed by atoms with Crippen molar-refractivity contribution >= 4 is 23.4 Å². The molecule has 4 heteroatoms. The van der Waals surface area contributed by atoms with Gasteiger partial charge < -0.3 is 0 Å². The summed E-state index contributed by atoms with van der Waals surface area (Å²) in [4.78, 5) is 6.24. The molecule has 0 N–H and O–H groups in total. The van der Waals surface area contributed by atoms with Crippen LogP contribution in [-0.2, 0) is 0 Å². The molecule has 0 spiro atoms. The first-order valence-corrected chi connectivity index (χ1v) is 6.61. The van der Waals surface area contributed by atoms with Gasteiger partial charge in [0.25, 0.3) is 0 Å². The zero-order chi connectivity index (χ0) is 13.1. The summed E-state index contributed by atoms with van der Waals surface area (Å²) in [6.07, 6.45) is 0. The van der Waals surface area contributed by atoms with E-state index in [4.69, 9.17) is 11.6 Å². The maximum Gasteiger partial charge on any atom is 0.102 e. The maximum absolute atomic E-state index is 9.19. The van der Waals surface area contributed by atoms with Crippen molar-refractivity contribution in [1.29, 1.82) is 5.26 Å². The minimum absolute atomic E-state index is 0.630. The number of nitriles is 1. The van der Waals surface area contributed by atoms with Gasteiger partial charge in [0.2, 0.25) is 0 Å². The van der Waals surface area contributed by atoms with Gasteiger partial charge in [-0.25, -0.2) is 0 Å². The Labute approximate surface area is 116 Å². The van der Waals surface area contributed by atoms with Crippen molar-refractivity contribution in [2.75, 3.05) is 0 Å². The summed E-state index contributed by atoms with van der Waals surface area (Å²) in [6, 6.07) is 11.7. The zero-order valence-corrected chi connectivity index (χ0v) is 11.6. The van der Waals surface area contributed by atoms with Crippen molar-refractivity contribution in [1.82, 2.24) is 4.98 Å². The second-order valence-corrected chi connectivity index (χ2v) is 5.45. The molecule has 18 heavy (non-hydrogen) atoms. The van der Waals surface area contributed by atoms with Gasteiger partial charge in [-0.1, -0.05) is 29.4 Å². The van der Waals surface area contributed by atoms with E-state index in [-0.39, 0.29) is 0 Å². The molecule has 90 valence electrons. The van der Waals surface area contributed by atoms with Gasteiger partial charge in [0.15, 0.2) is 0 Å². The summed E-state index contributed by atoms with van der Waals surface area (Å²) >= 11 is 7.49. The van der Waals surface area contributed by atoms with Gasteiger partial charge in [-0.15, -0.1) is 0 Å². The normalized spacial score (nSPS) is 10.1. The summed E-state index contributed by atoms with van der Waals surface area (Å²) in [5, 5.41) is 9.89. The number of pyridine rings is 1. The molecule has 2 rings (SSSR count). The Bertz CT molecular complexity index is 632. The molecule has 0 amide bonds. The predicted octanol–water partition coefficient (Wildman–Crippen LogP) is 4.37. The lowest BCUT2D eigenvalue weighted by Crippen LogP contribution is -1.93.